The van der Waals surface area contributed by atoms with Crippen LogP contribution in [0.1, 0.15) is 53.7 Å². The monoisotopic (exact) mass is 558 g/mol. The SMILES string of the molecule is Cc1ccc(-c2c(CC(=O)O)c(C)c3c4c2cc(C)n4CCN3c2nc3c(s2)CN(C)CC3)c(OC(C)(C)C)c1. The zero-order valence-corrected chi connectivity index (χ0v) is 25.3. The van der Waals surface area contributed by atoms with Crippen LogP contribution in [-0.2, 0) is 30.7 Å². The van der Waals surface area contributed by atoms with Gasteiger partial charge in [-0.1, -0.05) is 23.5 Å². The molecule has 7 nitrogen and oxygen atoms in total. The van der Waals surface area contributed by atoms with Crippen LogP contribution < -0.4 is 9.64 Å². The average molecular weight is 559 g/mol. The van der Waals surface area contributed by atoms with Gasteiger partial charge in [0.25, 0.3) is 0 Å². The molecular formula is C32H38N4O3S. The first-order valence-electron chi connectivity index (χ1n) is 14.0. The summed E-state index contributed by atoms with van der Waals surface area (Å²) in [7, 11) is 2.16. The summed E-state index contributed by atoms with van der Waals surface area (Å²) in [6.45, 7) is 16.0. The van der Waals surface area contributed by atoms with E-state index >= 15 is 0 Å². The van der Waals surface area contributed by atoms with Crippen LogP contribution in [-0.4, -0.2) is 51.3 Å². The summed E-state index contributed by atoms with van der Waals surface area (Å²) in [5.74, 6) is -0.0591. The van der Waals surface area contributed by atoms with Gasteiger partial charge < -0.3 is 24.2 Å². The van der Waals surface area contributed by atoms with Gasteiger partial charge in [0.1, 0.15) is 11.4 Å². The Balaban J connectivity index is 1.63. The standard InChI is InChI=1S/C32H38N4O3S/c1-18-8-9-21(25(14-18)39-32(4,5)6)28-22(16-27(37)38)20(3)29-30-23(28)15-19(2)35(30)12-13-36(29)31-33-24-10-11-34(7)17-26(24)40-31/h8-9,14-15H,10-13,16-17H2,1-7H3,(H,37,38). The maximum Gasteiger partial charge on any atom is 0.307 e. The predicted octanol–water partition coefficient (Wildman–Crippen LogP) is 6.63. The van der Waals surface area contributed by atoms with Crippen molar-refractivity contribution in [3.05, 3.63) is 57.2 Å². The lowest BCUT2D eigenvalue weighted by Crippen LogP contribution is -2.29. The smallest absolute Gasteiger partial charge is 0.307 e. The van der Waals surface area contributed by atoms with Crippen molar-refractivity contribution in [3.63, 3.8) is 0 Å². The number of nitrogens with zero attached hydrogens (tertiary/aromatic N) is 4. The fraction of sp³-hybridized carbons (Fsp3) is 0.438. The third kappa shape index (κ3) is 4.57. The van der Waals surface area contributed by atoms with E-state index < -0.39 is 11.6 Å². The molecule has 2 aliphatic heterocycles. The van der Waals surface area contributed by atoms with Gasteiger partial charge in [0.15, 0.2) is 5.13 Å². The van der Waals surface area contributed by atoms with Crippen molar-refractivity contribution in [1.29, 1.82) is 0 Å². The second-order valence-corrected chi connectivity index (χ2v) is 13.4. The van der Waals surface area contributed by atoms with E-state index in [4.69, 9.17) is 9.72 Å². The lowest BCUT2D eigenvalue weighted by molar-refractivity contribution is -0.136. The second-order valence-electron chi connectivity index (χ2n) is 12.3. The van der Waals surface area contributed by atoms with Crippen LogP contribution in [0.2, 0.25) is 0 Å². The van der Waals surface area contributed by atoms with Gasteiger partial charge in [0.2, 0.25) is 0 Å². The van der Waals surface area contributed by atoms with Crippen LogP contribution >= 0.6 is 11.3 Å². The number of carboxylic acids is 1. The number of hydrogen-bond donors (Lipinski definition) is 1. The highest BCUT2D eigenvalue weighted by Gasteiger charge is 2.32. The number of hydrogen-bond acceptors (Lipinski definition) is 6. The Morgan fingerprint density at radius 3 is 2.62 bits per heavy atom. The van der Waals surface area contributed by atoms with Crippen LogP contribution in [0, 0.1) is 20.8 Å². The summed E-state index contributed by atoms with van der Waals surface area (Å²) in [5.41, 5.74) is 9.05. The highest BCUT2D eigenvalue weighted by atomic mass is 32.1. The minimum atomic E-state index is -0.840. The highest BCUT2D eigenvalue weighted by molar-refractivity contribution is 7.15. The number of carbonyl (C=O) groups is 1. The van der Waals surface area contributed by atoms with Crippen molar-refractivity contribution in [2.75, 3.05) is 25.0 Å². The van der Waals surface area contributed by atoms with E-state index in [1.807, 2.05) is 20.8 Å². The summed E-state index contributed by atoms with van der Waals surface area (Å²) in [6.07, 6.45) is 0.900. The Labute approximate surface area is 240 Å². The van der Waals surface area contributed by atoms with Crippen LogP contribution in [0.25, 0.3) is 22.0 Å². The number of ether oxygens (including phenoxy) is 1. The van der Waals surface area contributed by atoms with Crippen LogP contribution in [0.3, 0.4) is 0 Å². The number of aliphatic carboxylic acids is 1. The van der Waals surface area contributed by atoms with Gasteiger partial charge in [-0.3, -0.25) is 4.79 Å². The first-order chi connectivity index (χ1) is 18.9. The molecule has 0 amide bonds. The molecule has 0 saturated carbocycles. The molecule has 4 heterocycles. The Morgan fingerprint density at radius 2 is 1.90 bits per heavy atom. The highest BCUT2D eigenvalue weighted by Crippen LogP contribution is 2.49. The zero-order valence-electron chi connectivity index (χ0n) is 24.5. The van der Waals surface area contributed by atoms with E-state index in [0.717, 1.165) is 87.9 Å². The molecule has 210 valence electrons. The summed E-state index contributed by atoms with van der Waals surface area (Å²) in [6, 6.07) is 8.48. The van der Waals surface area contributed by atoms with Crippen LogP contribution in [0.4, 0.5) is 10.8 Å². The van der Waals surface area contributed by atoms with Gasteiger partial charge in [-0.25, -0.2) is 4.98 Å². The first-order valence-corrected chi connectivity index (χ1v) is 14.8. The van der Waals surface area contributed by atoms with Crippen molar-refractivity contribution in [3.8, 4) is 16.9 Å². The molecule has 0 unspecified atom stereocenters. The molecule has 0 fully saturated rings. The third-order valence-electron chi connectivity index (χ3n) is 8.02. The third-order valence-corrected chi connectivity index (χ3v) is 9.12. The van der Waals surface area contributed by atoms with Crippen molar-refractivity contribution in [2.24, 2.45) is 0 Å². The first kappa shape index (κ1) is 26.8. The molecule has 2 aromatic carbocycles. The summed E-state index contributed by atoms with van der Waals surface area (Å²) >= 11 is 1.78. The van der Waals surface area contributed by atoms with Gasteiger partial charge in [0.05, 0.1) is 23.3 Å². The van der Waals surface area contributed by atoms with Gasteiger partial charge in [-0.05, 0) is 83.0 Å². The van der Waals surface area contributed by atoms with Crippen molar-refractivity contribution >= 4 is 39.0 Å². The van der Waals surface area contributed by atoms with E-state index in [1.165, 1.54) is 16.3 Å². The van der Waals surface area contributed by atoms with Crippen molar-refractivity contribution in [1.82, 2.24) is 14.5 Å². The van der Waals surface area contributed by atoms with Gasteiger partial charge in [0, 0.05) is 54.1 Å². The summed E-state index contributed by atoms with van der Waals surface area (Å²) in [5, 5.41) is 12.2. The fourth-order valence-corrected chi connectivity index (χ4v) is 7.49. The molecule has 0 radical (unpaired) electrons. The molecule has 0 saturated heterocycles. The maximum absolute atomic E-state index is 12.3. The van der Waals surface area contributed by atoms with Gasteiger partial charge >= 0.3 is 5.97 Å². The Bertz CT molecular complexity index is 1660. The number of aryl methyl sites for hydroxylation is 2. The molecule has 0 bridgehead atoms. The maximum atomic E-state index is 12.3. The molecule has 0 aliphatic carbocycles. The molecule has 0 spiro atoms. The molecule has 8 heteroatoms. The zero-order chi connectivity index (χ0) is 28.5. The molecule has 0 atom stereocenters. The molecule has 4 aromatic rings. The van der Waals surface area contributed by atoms with E-state index in [0.29, 0.717) is 0 Å². The normalized spacial score (nSPS) is 15.5. The lowest BCUT2D eigenvalue weighted by atomic mass is 9.88. The van der Waals surface area contributed by atoms with Gasteiger partial charge in [-0.2, -0.15) is 0 Å². The largest absolute Gasteiger partial charge is 0.487 e. The number of carboxylic acid groups (broad SMARTS) is 1. The lowest BCUT2D eigenvalue weighted by Gasteiger charge is -2.33. The second kappa shape index (κ2) is 9.63. The van der Waals surface area contributed by atoms with Crippen molar-refractivity contribution in [2.45, 2.75) is 73.1 Å². The van der Waals surface area contributed by atoms with E-state index in [9.17, 15) is 9.90 Å². The Kier molecular flexibility index (Phi) is 6.46. The quantitative estimate of drug-likeness (QED) is 0.296. The van der Waals surface area contributed by atoms with Crippen molar-refractivity contribution < 1.29 is 14.6 Å². The van der Waals surface area contributed by atoms with E-state index in [1.54, 1.807) is 11.3 Å². The number of anilines is 2. The van der Waals surface area contributed by atoms with Crippen LogP contribution in [0.15, 0.2) is 24.3 Å². The summed E-state index contributed by atoms with van der Waals surface area (Å²) < 4.78 is 8.88. The fourth-order valence-electron chi connectivity index (χ4n) is 6.27. The number of likely N-dealkylation sites (N-methyl/N-ethyl adjacent to an activating group) is 1. The minimum absolute atomic E-state index is 0.0653. The minimum Gasteiger partial charge on any atom is -0.487 e. The average Bonchev–Trinajstić information content (AvgIpc) is 3.43. The molecule has 6 rings (SSSR count). The molecule has 2 aliphatic rings. The Morgan fingerprint density at radius 1 is 1.12 bits per heavy atom. The number of benzene rings is 2. The molecular weight excluding hydrogens is 520 g/mol. The van der Waals surface area contributed by atoms with Crippen LogP contribution in [0.5, 0.6) is 5.75 Å². The van der Waals surface area contributed by atoms with E-state index in [-0.39, 0.29) is 6.42 Å². The molecule has 40 heavy (non-hydrogen) atoms. The number of aromatic nitrogens is 2. The predicted molar refractivity (Wildman–Crippen MR) is 162 cm³/mol. The van der Waals surface area contributed by atoms with E-state index in [2.05, 4.69) is 66.5 Å². The Hall–Kier alpha value is -3.36. The molecule has 1 N–H and O–H groups in total. The number of fused-ring (bicyclic) bond motifs is 1. The number of rotatable bonds is 5. The summed E-state index contributed by atoms with van der Waals surface area (Å²) in [4.78, 5) is 23.5. The topological polar surface area (TPSA) is 70.8 Å². The molecule has 2 aromatic heterocycles. The number of thiazole rings is 1. The van der Waals surface area contributed by atoms with Gasteiger partial charge in [-0.15, -0.1) is 0 Å².